The fourth-order valence-electron chi connectivity index (χ4n) is 2.97. The van der Waals surface area contributed by atoms with E-state index < -0.39 is 68.3 Å². The minimum atomic E-state index is -1.43. The van der Waals surface area contributed by atoms with Crippen LogP contribution in [0.2, 0.25) is 0 Å². The van der Waals surface area contributed by atoms with Gasteiger partial charge in [0, 0.05) is 0 Å². The summed E-state index contributed by atoms with van der Waals surface area (Å²) in [5, 5.41) is 59.2. The van der Waals surface area contributed by atoms with Gasteiger partial charge in [0.25, 0.3) is 0 Å². The van der Waals surface area contributed by atoms with Crippen molar-refractivity contribution in [1.82, 2.24) is 0 Å². The lowest BCUT2D eigenvalue weighted by atomic mass is 9.97. The summed E-state index contributed by atoms with van der Waals surface area (Å²) in [5.41, 5.74) is 0. The molecule has 2 heterocycles. The lowest BCUT2D eigenvalue weighted by Crippen LogP contribution is -2.63. The van der Waals surface area contributed by atoms with Crippen molar-refractivity contribution in [2.75, 3.05) is 19.8 Å². The van der Waals surface area contributed by atoms with Gasteiger partial charge in [0.2, 0.25) is 0 Å². The molecule has 0 spiro atoms. The normalized spacial score (nSPS) is 45.7. The molecule has 0 saturated carbocycles. The molecular weight excluding hydrogens is 340 g/mol. The van der Waals surface area contributed by atoms with Gasteiger partial charge in [0.15, 0.2) is 6.29 Å². The molecule has 2 aliphatic rings. The first kappa shape index (κ1) is 20.9. The molecule has 148 valence electrons. The lowest BCUT2D eigenvalue weighted by Gasteiger charge is -2.45. The number of aliphatic hydroxyl groups excluding tert-OH is 6. The largest absolute Gasteiger partial charge is 0.394 e. The summed E-state index contributed by atoms with van der Waals surface area (Å²) in [4.78, 5) is 0. The molecule has 2 rings (SSSR count). The summed E-state index contributed by atoms with van der Waals surface area (Å²) in [7, 11) is 0. The third-order valence-corrected chi connectivity index (χ3v) is 4.30. The van der Waals surface area contributed by atoms with Crippen LogP contribution < -0.4 is 0 Å². The van der Waals surface area contributed by atoms with Gasteiger partial charge >= 0.3 is 0 Å². The van der Waals surface area contributed by atoms with Crippen molar-refractivity contribution in [1.29, 1.82) is 0 Å². The Balaban J connectivity index is 2.15. The average molecular weight is 368 g/mol. The van der Waals surface area contributed by atoms with Gasteiger partial charge in [-0.15, -0.1) is 0 Å². The van der Waals surface area contributed by atoms with E-state index in [4.69, 9.17) is 18.9 Å². The Morgan fingerprint density at radius 3 is 2.12 bits per heavy atom. The molecule has 10 nitrogen and oxygen atoms in total. The van der Waals surface area contributed by atoms with E-state index >= 15 is 0 Å². The van der Waals surface area contributed by atoms with Crippen LogP contribution >= 0.6 is 0 Å². The van der Waals surface area contributed by atoms with Crippen molar-refractivity contribution >= 4 is 0 Å². The Morgan fingerprint density at radius 2 is 1.56 bits per heavy atom. The zero-order chi connectivity index (χ0) is 18.7. The van der Waals surface area contributed by atoms with Gasteiger partial charge < -0.3 is 49.6 Å². The quantitative estimate of drug-likeness (QED) is 0.281. The highest BCUT2D eigenvalue weighted by molar-refractivity contribution is 4.93. The van der Waals surface area contributed by atoms with Crippen molar-refractivity contribution in [2.45, 2.75) is 75.1 Å². The van der Waals surface area contributed by atoms with Crippen molar-refractivity contribution in [2.24, 2.45) is 0 Å². The molecule has 2 fully saturated rings. The summed E-state index contributed by atoms with van der Waals surface area (Å²) in [6, 6.07) is 0. The zero-order valence-corrected chi connectivity index (χ0v) is 14.2. The maximum atomic E-state index is 10.4. The average Bonchev–Trinajstić information content (AvgIpc) is 2.57. The Kier molecular flexibility index (Phi) is 7.52. The van der Waals surface area contributed by atoms with E-state index in [1.807, 2.05) is 0 Å². The molecule has 9 atom stereocenters. The Hall–Kier alpha value is -0.400. The molecule has 0 aromatic heterocycles. The molecule has 0 aromatic carbocycles. The van der Waals surface area contributed by atoms with Crippen LogP contribution in [0.1, 0.15) is 13.8 Å². The number of hydrogen-bond acceptors (Lipinski definition) is 10. The minimum absolute atomic E-state index is 0.169. The molecule has 0 aliphatic carbocycles. The van der Waals surface area contributed by atoms with Crippen LogP contribution in [0.4, 0.5) is 0 Å². The molecule has 0 amide bonds. The number of aliphatic hydroxyl groups is 6. The first-order valence-electron chi connectivity index (χ1n) is 8.32. The molecular formula is C15H28O10. The minimum Gasteiger partial charge on any atom is -0.394 e. The standard InChI is InChI=1S/C15H28O10/c1-6(2)23-14-11(20)8(3-16)24-15(12(14)21)25-13-9(4-17)22-5-7(18)10(13)19/h6-21H,3-5H2,1-2H3. The highest BCUT2D eigenvalue weighted by atomic mass is 16.7. The second kappa shape index (κ2) is 9.00. The Morgan fingerprint density at radius 1 is 0.920 bits per heavy atom. The van der Waals surface area contributed by atoms with Crippen LogP contribution in [0.5, 0.6) is 0 Å². The summed E-state index contributed by atoms with van der Waals surface area (Å²) >= 11 is 0. The van der Waals surface area contributed by atoms with E-state index in [9.17, 15) is 30.6 Å². The number of hydrogen-bond donors (Lipinski definition) is 6. The predicted molar refractivity (Wildman–Crippen MR) is 81.5 cm³/mol. The van der Waals surface area contributed by atoms with Gasteiger partial charge in [-0.1, -0.05) is 0 Å². The van der Waals surface area contributed by atoms with E-state index in [-0.39, 0.29) is 12.7 Å². The molecule has 10 heteroatoms. The topological polar surface area (TPSA) is 158 Å². The van der Waals surface area contributed by atoms with E-state index in [0.717, 1.165) is 0 Å². The van der Waals surface area contributed by atoms with Crippen LogP contribution in [0, 0.1) is 0 Å². The molecule has 25 heavy (non-hydrogen) atoms. The smallest absolute Gasteiger partial charge is 0.187 e. The summed E-state index contributed by atoms with van der Waals surface area (Å²) in [6.45, 7) is 2.25. The fourth-order valence-corrected chi connectivity index (χ4v) is 2.97. The predicted octanol–water partition coefficient (Wildman–Crippen LogP) is -3.28. The molecule has 0 aromatic rings. The van der Waals surface area contributed by atoms with Gasteiger partial charge in [0.1, 0.15) is 48.8 Å². The van der Waals surface area contributed by atoms with Crippen LogP contribution in [0.3, 0.4) is 0 Å². The highest BCUT2D eigenvalue weighted by Crippen LogP contribution is 2.29. The Labute approximate surface area is 145 Å². The third kappa shape index (κ3) is 4.66. The highest BCUT2D eigenvalue weighted by Gasteiger charge is 2.49. The van der Waals surface area contributed by atoms with E-state index in [2.05, 4.69) is 0 Å². The van der Waals surface area contributed by atoms with Crippen LogP contribution in [-0.4, -0.2) is 112 Å². The summed E-state index contributed by atoms with van der Waals surface area (Å²) in [6.07, 6.45) is -11.3. The first-order valence-corrected chi connectivity index (χ1v) is 8.32. The second-order valence-electron chi connectivity index (χ2n) is 6.57. The van der Waals surface area contributed by atoms with Crippen molar-refractivity contribution in [3.05, 3.63) is 0 Å². The zero-order valence-electron chi connectivity index (χ0n) is 14.2. The molecule has 9 unspecified atom stereocenters. The van der Waals surface area contributed by atoms with Crippen molar-refractivity contribution in [3.8, 4) is 0 Å². The van der Waals surface area contributed by atoms with Crippen LogP contribution in [0.25, 0.3) is 0 Å². The van der Waals surface area contributed by atoms with Gasteiger partial charge in [-0.2, -0.15) is 0 Å². The third-order valence-electron chi connectivity index (χ3n) is 4.30. The maximum Gasteiger partial charge on any atom is 0.187 e. The van der Waals surface area contributed by atoms with Gasteiger partial charge in [-0.25, -0.2) is 0 Å². The fraction of sp³-hybridized carbons (Fsp3) is 1.00. The molecule has 0 bridgehead atoms. The second-order valence-corrected chi connectivity index (χ2v) is 6.57. The van der Waals surface area contributed by atoms with Crippen LogP contribution in [-0.2, 0) is 18.9 Å². The maximum absolute atomic E-state index is 10.4. The Bertz CT molecular complexity index is 406. The monoisotopic (exact) mass is 368 g/mol. The van der Waals surface area contributed by atoms with E-state index in [0.29, 0.717) is 0 Å². The van der Waals surface area contributed by atoms with Crippen LogP contribution in [0.15, 0.2) is 0 Å². The van der Waals surface area contributed by atoms with Crippen molar-refractivity contribution in [3.63, 3.8) is 0 Å². The SMILES string of the molecule is CC(C)OC1C(O)C(CO)OC(OC2C(CO)OCC(O)C2O)C1O. The molecule has 0 radical (unpaired) electrons. The molecule has 6 N–H and O–H groups in total. The summed E-state index contributed by atoms with van der Waals surface area (Å²) in [5.74, 6) is 0. The van der Waals surface area contributed by atoms with E-state index in [1.54, 1.807) is 13.8 Å². The van der Waals surface area contributed by atoms with Gasteiger partial charge in [0.05, 0.1) is 25.9 Å². The molecule has 2 aliphatic heterocycles. The summed E-state index contributed by atoms with van der Waals surface area (Å²) < 4.78 is 21.6. The van der Waals surface area contributed by atoms with Crippen molar-refractivity contribution < 1.29 is 49.6 Å². The number of ether oxygens (including phenoxy) is 4. The van der Waals surface area contributed by atoms with Gasteiger partial charge in [-0.3, -0.25) is 0 Å². The molecule has 2 saturated heterocycles. The van der Waals surface area contributed by atoms with E-state index in [1.165, 1.54) is 0 Å². The first-order chi connectivity index (χ1) is 11.8. The number of rotatable bonds is 6. The van der Waals surface area contributed by atoms with Gasteiger partial charge in [-0.05, 0) is 13.8 Å². The lowest BCUT2D eigenvalue weighted by molar-refractivity contribution is -0.342.